The maximum Gasteiger partial charge on any atom is 0.222 e. The maximum absolute atomic E-state index is 10.5. The lowest BCUT2D eigenvalue weighted by Crippen LogP contribution is -2.47. The highest BCUT2D eigenvalue weighted by Gasteiger charge is 2.21. The lowest BCUT2D eigenvalue weighted by molar-refractivity contribution is -0.127. The molecule has 0 aromatic carbocycles. The van der Waals surface area contributed by atoms with E-state index in [1.54, 1.807) is 0 Å². The lowest BCUT2D eigenvalue weighted by atomic mass is 9.99. The van der Waals surface area contributed by atoms with Gasteiger partial charge in [0.25, 0.3) is 0 Å². The Balaban J connectivity index is 2.24. The van der Waals surface area contributed by atoms with Crippen molar-refractivity contribution in [3.63, 3.8) is 0 Å². The second-order valence-corrected chi connectivity index (χ2v) is 3.34. The topological polar surface area (TPSA) is 29.1 Å². The van der Waals surface area contributed by atoms with E-state index < -0.39 is 0 Å². The molecule has 1 aliphatic heterocycles. The zero-order valence-corrected chi connectivity index (χ0v) is 7.84. The van der Waals surface area contributed by atoms with Crippen molar-refractivity contribution in [1.82, 2.24) is 5.32 Å². The largest absolute Gasteiger partial charge is 0.349 e. The van der Waals surface area contributed by atoms with Crippen LogP contribution in [0.2, 0.25) is 0 Å². The van der Waals surface area contributed by atoms with Gasteiger partial charge in [0, 0.05) is 0 Å². The minimum atomic E-state index is 0.175. The van der Waals surface area contributed by atoms with Crippen molar-refractivity contribution >= 4 is 5.91 Å². The fourth-order valence-electron chi connectivity index (χ4n) is 1.35. The molecule has 0 saturated carbocycles. The standard InChI is InChI=1S/C10H17NO/c1-3-8(4-2)5-6-9-7-10(12)11-9/h5-6,8-9H,3-4,7H2,1-2H3,(H,11,12)/b6-5+/t9-/m0/s1. The minimum Gasteiger partial charge on any atom is -0.349 e. The van der Waals surface area contributed by atoms with Crippen molar-refractivity contribution in [1.29, 1.82) is 0 Å². The normalized spacial score (nSPS) is 22.9. The number of hydrogen-bond donors (Lipinski definition) is 1. The minimum absolute atomic E-state index is 0.175. The summed E-state index contributed by atoms with van der Waals surface area (Å²) in [6.07, 6.45) is 7.40. The Kier molecular flexibility index (Phi) is 3.32. The first-order valence-electron chi connectivity index (χ1n) is 4.74. The summed E-state index contributed by atoms with van der Waals surface area (Å²) >= 11 is 0. The van der Waals surface area contributed by atoms with Crippen molar-refractivity contribution in [3.8, 4) is 0 Å². The summed E-state index contributed by atoms with van der Waals surface area (Å²) in [6, 6.07) is 0.318. The summed E-state index contributed by atoms with van der Waals surface area (Å²) in [5, 5.41) is 2.82. The Hall–Kier alpha value is -0.790. The maximum atomic E-state index is 10.5. The highest BCUT2D eigenvalue weighted by atomic mass is 16.2. The predicted octanol–water partition coefficient (Wildman–Crippen LogP) is 1.87. The summed E-state index contributed by atoms with van der Waals surface area (Å²) in [5.74, 6) is 0.858. The zero-order valence-electron chi connectivity index (χ0n) is 7.84. The summed E-state index contributed by atoms with van der Waals surface area (Å²) in [7, 11) is 0. The van der Waals surface area contributed by atoms with Crippen molar-refractivity contribution in [2.75, 3.05) is 0 Å². The highest BCUT2D eigenvalue weighted by Crippen LogP contribution is 2.12. The van der Waals surface area contributed by atoms with Crippen LogP contribution in [-0.2, 0) is 4.79 Å². The molecule has 1 saturated heterocycles. The van der Waals surface area contributed by atoms with Gasteiger partial charge < -0.3 is 5.32 Å². The van der Waals surface area contributed by atoms with Gasteiger partial charge in [-0.25, -0.2) is 0 Å². The fourth-order valence-corrected chi connectivity index (χ4v) is 1.35. The SMILES string of the molecule is CCC(/C=C/[C@H]1CC(=O)N1)CC. The Morgan fingerprint density at radius 3 is 2.58 bits per heavy atom. The molecule has 0 aliphatic carbocycles. The van der Waals surface area contributed by atoms with Crippen LogP contribution in [0.15, 0.2) is 12.2 Å². The molecular weight excluding hydrogens is 150 g/mol. The Bertz CT molecular complexity index is 174. The number of hydrogen-bond acceptors (Lipinski definition) is 1. The van der Waals surface area contributed by atoms with Gasteiger partial charge >= 0.3 is 0 Å². The van der Waals surface area contributed by atoms with Crippen LogP contribution < -0.4 is 5.32 Å². The van der Waals surface area contributed by atoms with Crippen LogP contribution in [0.5, 0.6) is 0 Å². The van der Waals surface area contributed by atoms with E-state index in [9.17, 15) is 4.79 Å². The third kappa shape index (κ3) is 2.36. The molecule has 1 rings (SSSR count). The van der Waals surface area contributed by atoms with Gasteiger partial charge in [0.1, 0.15) is 0 Å². The molecule has 12 heavy (non-hydrogen) atoms. The van der Waals surface area contributed by atoms with E-state index in [4.69, 9.17) is 0 Å². The smallest absolute Gasteiger partial charge is 0.222 e. The third-order valence-electron chi connectivity index (χ3n) is 2.42. The zero-order chi connectivity index (χ0) is 8.97. The predicted molar refractivity (Wildman–Crippen MR) is 49.8 cm³/mol. The molecule has 0 unspecified atom stereocenters. The molecule has 0 radical (unpaired) electrons. The van der Waals surface area contributed by atoms with E-state index in [1.165, 1.54) is 12.8 Å². The molecule has 1 amide bonds. The molecule has 0 bridgehead atoms. The fraction of sp³-hybridized carbons (Fsp3) is 0.700. The van der Waals surface area contributed by atoms with Gasteiger partial charge in [-0.05, 0) is 18.8 Å². The highest BCUT2D eigenvalue weighted by molar-refractivity contribution is 5.83. The van der Waals surface area contributed by atoms with Crippen LogP contribution in [0.4, 0.5) is 0 Å². The number of amides is 1. The summed E-state index contributed by atoms with van der Waals surface area (Å²) < 4.78 is 0. The number of rotatable bonds is 4. The van der Waals surface area contributed by atoms with Crippen LogP contribution in [-0.4, -0.2) is 11.9 Å². The summed E-state index contributed by atoms with van der Waals surface area (Å²) in [4.78, 5) is 10.5. The van der Waals surface area contributed by atoms with E-state index in [0.29, 0.717) is 18.4 Å². The van der Waals surface area contributed by atoms with Gasteiger partial charge in [0.15, 0.2) is 0 Å². The average molecular weight is 167 g/mol. The number of carbonyl (C=O) groups excluding carboxylic acids is 1. The average Bonchev–Trinajstić information content (AvgIpc) is 2.03. The van der Waals surface area contributed by atoms with Crippen LogP contribution in [0, 0.1) is 5.92 Å². The van der Waals surface area contributed by atoms with E-state index >= 15 is 0 Å². The van der Waals surface area contributed by atoms with Crippen molar-refractivity contribution in [2.24, 2.45) is 5.92 Å². The number of nitrogens with one attached hydrogen (secondary N) is 1. The first kappa shape index (κ1) is 9.30. The van der Waals surface area contributed by atoms with Crippen molar-refractivity contribution < 1.29 is 4.79 Å². The molecule has 1 N–H and O–H groups in total. The van der Waals surface area contributed by atoms with Crippen molar-refractivity contribution in [2.45, 2.75) is 39.2 Å². The van der Waals surface area contributed by atoms with Crippen LogP contribution in [0.1, 0.15) is 33.1 Å². The lowest BCUT2D eigenvalue weighted by Gasteiger charge is -2.24. The van der Waals surface area contributed by atoms with Gasteiger partial charge in [0.05, 0.1) is 12.5 Å². The molecule has 1 aliphatic rings. The van der Waals surface area contributed by atoms with E-state index in [0.717, 1.165) is 0 Å². The Morgan fingerprint density at radius 1 is 1.58 bits per heavy atom. The quantitative estimate of drug-likeness (QED) is 0.502. The second-order valence-electron chi connectivity index (χ2n) is 3.34. The third-order valence-corrected chi connectivity index (χ3v) is 2.42. The van der Waals surface area contributed by atoms with E-state index in [-0.39, 0.29) is 5.91 Å². The van der Waals surface area contributed by atoms with Gasteiger partial charge in [-0.15, -0.1) is 0 Å². The van der Waals surface area contributed by atoms with Crippen LogP contribution in [0.25, 0.3) is 0 Å². The van der Waals surface area contributed by atoms with Crippen molar-refractivity contribution in [3.05, 3.63) is 12.2 Å². The Labute approximate surface area is 74.0 Å². The van der Waals surface area contributed by atoms with E-state index in [2.05, 4.69) is 31.3 Å². The second kappa shape index (κ2) is 4.29. The summed E-state index contributed by atoms with van der Waals surface area (Å²) in [6.45, 7) is 4.38. The van der Waals surface area contributed by atoms with Gasteiger partial charge in [0.2, 0.25) is 5.91 Å². The molecular formula is C10H17NO. The Morgan fingerprint density at radius 2 is 2.17 bits per heavy atom. The monoisotopic (exact) mass is 167 g/mol. The van der Waals surface area contributed by atoms with Crippen LogP contribution >= 0.6 is 0 Å². The molecule has 68 valence electrons. The molecule has 0 aromatic rings. The molecule has 1 atom stereocenters. The van der Waals surface area contributed by atoms with Gasteiger partial charge in [-0.3, -0.25) is 4.79 Å². The molecule has 0 aromatic heterocycles. The molecule has 1 fully saturated rings. The summed E-state index contributed by atoms with van der Waals surface area (Å²) in [5.41, 5.74) is 0. The number of β-lactam (4-membered cyclic amide) rings is 1. The molecule has 2 heteroatoms. The first-order chi connectivity index (χ1) is 5.76. The molecule has 1 heterocycles. The van der Waals surface area contributed by atoms with Gasteiger partial charge in [-0.2, -0.15) is 0 Å². The van der Waals surface area contributed by atoms with Crippen LogP contribution in [0.3, 0.4) is 0 Å². The molecule has 2 nitrogen and oxygen atoms in total. The number of carbonyl (C=O) groups is 1. The molecule has 0 spiro atoms. The first-order valence-corrected chi connectivity index (χ1v) is 4.74. The van der Waals surface area contributed by atoms with Gasteiger partial charge in [-0.1, -0.05) is 26.0 Å². The number of allylic oxidation sites excluding steroid dienone is 1. The van der Waals surface area contributed by atoms with E-state index in [1.807, 2.05) is 0 Å².